The summed E-state index contributed by atoms with van der Waals surface area (Å²) in [5.74, 6) is 0.346. The summed E-state index contributed by atoms with van der Waals surface area (Å²) in [6, 6.07) is 7.91. The van der Waals surface area contributed by atoms with E-state index in [0.717, 1.165) is 10.5 Å². The molecule has 0 aliphatic heterocycles. The fraction of sp³-hybridized carbons (Fsp3) is 0.133. The summed E-state index contributed by atoms with van der Waals surface area (Å²) in [5, 5.41) is 16.9. The minimum atomic E-state index is -0.488. The molecule has 0 aliphatic carbocycles. The molecule has 7 heteroatoms. The third kappa shape index (κ3) is 2.67. The molecule has 110 valence electrons. The van der Waals surface area contributed by atoms with Crippen LogP contribution in [0, 0.1) is 24.2 Å². The number of nitrogens with zero attached hydrogens (tertiary/aromatic N) is 4. The Kier molecular flexibility index (Phi) is 3.58. The van der Waals surface area contributed by atoms with Gasteiger partial charge in [0.05, 0.1) is 12.0 Å². The van der Waals surface area contributed by atoms with E-state index in [1.807, 2.05) is 13.1 Å². The Hall–Kier alpha value is -3.14. The van der Waals surface area contributed by atoms with Gasteiger partial charge >= 0.3 is 0 Å². The van der Waals surface area contributed by atoms with Crippen LogP contribution in [-0.2, 0) is 6.54 Å². The number of hydrogen-bond acceptors (Lipinski definition) is 6. The number of rotatable bonds is 4. The Balaban J connectivity index is 1.85. The number of anilines is 1. The first-order chi connectivity index (χ1) is 10.7. The maximum atomic E-state index is 13.9. The first-order valence-corrected chi connectivity index (χ1v) is 6.47. The van der Waals surface area contributed by atoms with Gasteiger partial charge in [-0.2, -0.15) is 5.26 Å². The molecule has 0 unspecified atom stereocenters. The minimum Gasteiger partial charge on any atom is -0.459 e. The van der Waals surface area contributed by atoms with Crippen LogP contribution in [0.25, 0.3) is 11.7 Å². The fourth-order valence-corrected chi connectivity index (χ4v) is 1.96. The van der Waals surface area contributed by atoms with Gasteiger partial charge < -0.3 is 8.83 Å². The molecule has 6 nitrogen and oxygen atoms in total. The van der Waals surface area contributed by atoms with Gasteiger partial charge in [0.15, 0.2) is 12.0 Å². The van der Waals surface area contributed by atoms with Gasteiger partial charge in [-0.05, 0) is 36.8 Å². The van der Waals surface area contributed by atoms with Crippen LogP contribution < -0.4 is 4.90 Å². The number of benzene rings is 1. The van der Waals surface area contributed by atoms with Crippen LogP contribution in [0.2, 0.25) is 0 Å². The molecule has 0 saturated carbocycles. The number of aromatic nitrogens is 2. The van der Waals surface area contributed by atoms with Crippen molar-refractivity contribution in [2.45, 2.75) is 13.5 Å². The molecule has 22 heavy (non-hydrogen) atoms. The summed E-state index contributed by atoms with van der Waals surface area (Å²) in [6.07, 6.45) is 3.41. The van der Waals surface area contributed by atoms with Crippen molar-refractivity contribution < 1.29 is 13.2 Å². The predicted molar refractivity (Wildman–Crippen MR) is 74.9 cm³/mol. The van der Waals surface area contributed by atoms with E-state index in [4.69, 9.17) is 8.83 Å². The lowest BCUT2D eigenvalue weighted by atomic mass is 10.2. The molecule has 0 spiro atoms. The Labute approximate surface area is 125 Å². The molecular formula is C15H11FN4O2. The number of nitriles is 1. The van der Waals surface area contributed by atoms with Gasteiger partial charge in [0, 0.05) is 0 Å². The van der Waals surface area contributed by atoms with E-state index in [9.17, 15) is 9.65 Å². The third-order valence-electron chi connectivity index (χ3n) is 3.01. The second-order valence-electron chi connectivity index (χ2n) is 4.62. The maximum Gasteiger partial charge on any atom is 0.283 e. The highest BCUT2D eigenvalue weighted by Gasteiger charge is 2.17. The van der Waals surface area contributed by atoms with Gasteiger partial charge in [-0.25, -0.2) is 4.39 Å². The van der Waals surface area contributed by atoms with Gasteiger partial charge in [-0.15, -0.1) is 10.2 Å². The van der Waals surface area contributed by atoms with Gasteiger partial charge in [0.2, 0.25) is 5.89 Å². The van der Waals surface area contributed by atoms with Crippen molar-refractivity contribution in [2.24, 2.45) is 0 Å². The maximum absolute atomic E-state index is 13.9. The smallest absolute Gasteiger partial charge is 0.283 e. The number of hydrogen-bond donors (Lipinski definition) is 0. The molecule has 0 N–H and O–H groups in total. The van der Waals surface area contributed by atoms with E-state index in [-0.39, 0.29) is 24.0 Å². The van der Waals surface area contributed by atoms with Crippen molar-refractivity contribution in [3.63, 3.8) is 0 Å². The van der Waals surface area contributed by atoms with Gasteiger partial charge in [-0.3, -0.25) is 4.90 Å². The van der Waals surface area contributed by atoms with E-state index in [2.05, 4.69) is 10.2 Å². The summed E-state index contributed by atoms with van der Waals surface area (Å²) in [7, 11) is 0. The second-order valence-corrected chi connectivity index (χ2v) is 4.62. The molecule has 3 rings (SSSR count). The molecule has 0 aliphatic rings. The van der Waals surface area contributed by atoms with Gasteiger partial charge in [-0.1, -0.05) is 6.07 Å². The van der Waals surface area contributed by atoms with E-state index in [0.29, 0.717) is 5.76 Å². The quantitative estimate of drug-likeness (QED) is 0.543. The van der Waals surface area contributed by atoms with Crippen molar-refractivity contribution in [1.29, 1.82) is 5.26 Å². The molecule has 2 heterocycles. The average molecular weight is 298 g/mol. The molecule has 1 aromatic carbocycles. The van der Waals surface area contributed by atoms with Crippen LogP contribution in [0.15, 0.2) is 45.4 Å². The number of halogens is 1. The van der Waals surface area contributed by atoms with E-state index in [1.165, 1.54) is 12.3 Å². The molecule has 0 amide bonds. The van der Waals surface area contributed by atoms with Gasteiger partial charge in [0.1, 0.15) is 12.4 Å². The lowest BCUT2D eigenvalue weighted by Gasteiger charge is -2.14. The first-order valence-electron chi connectivity index (χ1n) is 6.47. The summed E-state index contributed by atoms with van der Waals surface area (Å²) < 4.78 is 24.4. The predicted octanol–water partition coefficient (Wildman–Crippen LogP) is 3.26. The molecule has 0 bridgehead atoms. The van der Waals surface area contributed by atoms with Crippen LogP contribution in [0.1, 0.15) is 11.5 Å². The standard InChI is InChI=1S/C15H11FN4O2/c1-10-4-5-11(16)12(7-10)20(9-17)8-14-18-19-15(22-14)13-3-2-6-21-13/h2-7H,8H2,1H3. The summed E-state index contributed by atoms with van der Waals surface area (Å²) in [4.78, 5) is 1.15. The highest BCUT2D eigenvalue weighted by Crippen LogP contribution is 2.23. The fourth-order valence-electron chi connectivity index (χ4n) is 1.96. The highest BCUT2D eigenvalue weighted by molar-refractivity contribution is 5.53. The highest BCUT2D eigenvalue weighted by atomic mass is 19.1. The Morgan fingerprint density at radius 2 is 2.18 bits per heavy atom. The zero-order chi connectivity index (χ0) is 15.5. The Bertz CT molecular complexity index is 820. The Morgan fingerprint density at radius 1 is 1.32 bits per heavy atom. The van der Waals surface area contributed by atoms with Crippen LogP contribution in [0.5, 0.6) is 0 Å². The van der Waals surface area contributed by atoms with Crippen LogP contribution >= 0.6 is 0 Å². The number of furan rings is 1. The van der Waals surface area contributed by atoms with Crippen molar-refractivity contribution in [3.05, 3.63) is 53.9 Å². The molecule has 0 radical (unpaired) electrons. The lowest BCUT2D eigenvalue weighted by molar-refractivity contribution is 0.479. The third-order valence-corrected chi connectivity index (χ3v) is 3.01. The van der Waals surface area contributed by atoms with Crippen LogP contribution in [0.4, 0.5) is 10.1 Å². The zero-order valence-electron chi connectivity index (χ0n) is 11.7. The second kappa shape index (κ2) is 5.69. The average Bonchev–Trinajstić information content (AvgIpc) is 3.18. The van der Waals surface area contributed by atoms with Crippen molar-refractivity contribution in [1.82, 2.24) is 10.2 Å². The normalized spacial score (nSPS) is 10.4. The lowest BCUT2D eigenvalue weighted by Crippen LogP contribution is -2.17. The molecule has 0 saturated heterocycles. The van der Waals surface area contributed by atoms with E-state index in [1.54, 1.807) is 24.3 Å². The SMILES string of the molecule is Cc1ccc(F)c(N(C#N)Cc2nnc(-c3ccco3)o2)c1. The van der Waals surface area contributed by atoms with Gasteiger partial charge in [0.25, 0.3) is 5.89 Å². The molecule has 0 atom stereocenters. The van der Waals surface area contributed by atoms with Crippen LogP contribution in [0.3, 0.4) is 0 Å². The van der Waals surface area contributed by atoms with Crippen LogP contribution in [-0.4, -0.2) is 10.2 Å². The monoisotopic (exact) mass is 298 g/mol. The molecule has 2 aromatic heterocycles. The largest absolute Gasteiger partial charge is 0.459 e. The topological polar surface area (TPSA) is 79.1 Å². The van der Waals surface area contributed by atoms with Crippen molar-refractivity contribution in [2.75, 3.05) is 4.90 Å². The number of aryl methyl sites for hydroxylation is 1. The van der Waals surface area contributed by atoms with Crippen molar-refractivity contribution >= 4 is 5.69 Å². The molecule has 0 fully saturated rings. The first kappa shape index (κ1) is 13.8. The summed E-state index contributed by atoms with van der Waals surface area (Å²) in [6.45, 7) is 1.80. The zero-order valence-corrected chi connectivity index (χ0v) is 11.7. The van der Waals surface area contributed by atoms with Crippen molar-refractivity contribution in [3.8, 4) is 17.8 Å². The molecule has 3 aromatic rings. The summed E-state index contributed by atoms with van der Waals surface area (Å²) in [5.41, 5.74) is 1.01. The van der Waals surface area contributed by atoms with E-state index >= 15 is 0 Å². The summed E-state index contributed by atoms with van der Waals surface area (Å²) >= 11 is 0. The van der Waals surface area contributed by atoms with E-state index < -0.39 is 5.82 Å². The Morgan fingerprint density at radius 3 is 2.91 bits per heavy atom. The molecular weight excluding hydrogens is 287 g/mol. The minimum absolute atomic E-state index is 0.0232.